The van der Waals surface area contributed by atoms with Crippen LogP contribution < -0.4 is 5.32 Å². The number of rotatable bonds is 4. The minimum absolute atomic E-state index is 0.0311. The molecule has 6 nitrogen and oxygen atoms in total. The zero-order valence-corrected chi connectivity index (χ0v) is 10.9. The lowest BCUT2D eigenvalue weighted by Crippen LogP contribution is -2.34. The van der Waals surface area contributed by atoms with E-state index in [2.05, 4.69) is 5.32 Å². The van der Waals surface area contributed by atoms with Crippen LogP contribution in [0.3, 0.4) is 0 Å². The number of anilines is 1. The van der Waals surface area contributed by atoms with E-state index in [9.17, 15) is 9.59 Å². The lowest BCUT2D eigenvalue weighted by atomic mass is 10.1. The number of carbonyl (C=O) groups is 2. The number of nitriles is 1. The maximum Gasteiger partial charge on any atom is 0.277 e. The second-order valence-electron chi connectivity index (χ2n) is 4.40. The van der Waals surface area contributed by atoms with Crippen LogP contribution >= 0.6 is 0 Å². The molecule has 1 aliphatic rings. The fourth-order valence-corrected chi connectivity index (χ4v) is 1.99. The Morgan fingerprint density at radius 3 is 2.75 bits per heavy atom. The van der Waals surface area contributed by atoms with Crippen LogP contribution in [0.4, 0.5) is 5.69 Å². The molecular weight excluding hydrogens is 258 g/mol. The van der Waals surface area contributed by atoms with E-state index in [1.807, 2.05) is 13.0 Å². The minimum atomic E-state index is -0.482. The normalized spacial score (nSPS) is 14.2. The van der Waals surface area contributed by atoms with E-state index in [0.29, 0.717) is 11.3 Å². The molecule has 2 amide bonds. The Balaban J connectivity index is 2.21. The van der Waals surface area contributed by atoms with Crippen molar-refractivity contribution >= 4 is 17.5 Å². The third kappa shape index (κ3) is 2.68. The summed E-state index contributed by atoms with van der Waals surface area (Å²) < 4.78 is 0. The highest BCUT2D eigenvalue weighted by molar-refractivity contribution is 6.17. The molecule has 0 unspecified atom stereocenters. The van der Waals surface area contributed by atoms with Gasteiger partial charge < -0.3 is 10.4 Å². The summed E-state index contributed by atoms with van der Waals surface area (Å²) in [7, 11) is 0. The minimum Gasteiger partial charge on any atom is -0.395 e. The lowest BCUT2D eigenvalue weighted by molar-refractivity contribution is -0.137. The van der Waals surface area contributed by atoms with Crippen LogP contribution in [-0.4, -0.2) is 35.0 Å². The molecule has 0 radical (unpaired) electrons. The van der Waals surface area contributed by atoms with E-state index in [-0.39, 0.29) is 18.8 Å². The number of aryl methyl sites for hydroxylation is 1. The Labute approximate surface area is 115 Å². The fourth-order valence-electron chi connectivity index (χ4n) is 1.99. The van der Waals surface area contributed by atoms with E-state index in [4.69, 9.17) is 10.4 Å². The molecule has 0 bridgehead atoms. The van der Waals surface area contributed by atoms with Gasteiger partial charge in [0.05, 0.1) is 24.8 Å². The van der Waals surface area contributed by atoms with Crippen molar-refractivity contribution in [1.82, 2.24) is 4.90 Å². The van der Waals surface area contributed by atoms with Crippen LogP contribution in [0.15, 0.2) is 30.0 Å². The van der Waals surface area contributed by atoms with Crippen LogP contribution in [0.2, 0.25) is 0 Å². The summed E-state index contributed by atoms with van der Waals surface area (Å²) in [5, 5.41) is 20.6. The van der Waals surface area contributed by atoms with Crippen molar-refractivity contribution in [1.29, 1.82) is 5.26 Å². The van der Waals surface area contributed by atoms with E-state index in [0.717, 1.165) is 10.5 Å². The molecule has 0 aliphatic carbocycles. The van der Waals surface area contributed by atoms with Gasteiger partial charge in [0.15, 0.2) is 0 Å². The van der Waals surface area contributed by atoms with Gasteiger partial charge in [-0.3, -0.25) is 14.5 Å². The van der Waals surface area contributed by atoms with E-state index < -0.39 is 11.8 Å². The van der Waals surface area contributed by atoms with Crippen molar-refractivity contribution in [2.75, 3.05) is 18.5 Å². The van der Waals surface area contributed by atoms with Crippen molar-refractivity contribution in [3.8, 4) is 6.07 Å². The van der Waals surface area contributed by atoms with Gasteiger partial charge in [0.1, 0.15) is 5.70 Å². The van der Waals surface area contributed by atoms with Crippen molar-refractivity contribution in [2.24, 2.45) is 0 Å². The number of benzene rings is 1. The molecule has 1 heterocycles. The number of amides is 2. The standard InChI is InChI=1S/C14H13N3O3/c1-9-4-10(8-15)6-11(5-9)16-12-7-13(19)17(2-3-18)14(12)20/h4-7,16,18H,2-3H2,1H3. The Morgan fingerprint density at radius 1 is 1.35 bits per heavy atom. The number of β-amino-alcohol motifs (C(OH)–C–C–N with tert-alkyl or cyclic N) is 1. The van der Waals surface area contributed by atoms with Crippen LogP contribution in [0.25, 0.3) is 0 Å². The van der Waals surface area contributed by atoms with Gasteiger partial charge in [-0.1, -0.05) is 0 Å². The molecule has 2 rings (SSSR count). The molecule has 6 heteroatoms. The third-order valence-corrected chi connectivity index (χ3v) is 2.82. The number of carbonyl (C=O) groups excluding carboxylic acids is 2. The molecule has 1 aromatic carbocycles. The number of hydrogen-bond acceptors (Lipinski definition) is 5. The third-order valence-electron chi connectivity index (χ3n) is 2.82. The van der Waals surface area contributed by atoms with Gasteiger partial charge in [0, 0.05) is 11.8 Å². The number of aliphatic hydroxyl groups is 1. The van der Waals surface area contributed by atoms with Gasteiger partial charge in [-0.2, -0.15) is 5.26 Å². The molecule has 1 aromatic rings. The van der Waals surface area contributed by atoms with Gasteiger partial charge in [-0.05, 0) is 30.7 Å². The first-order chi connectivity index (χ1) is 9.55. The summed E-state index contributed by atoms with van der Waals surface area (Å²) in [6.07, 6.45) is 1.19. The van der Waals surface area contributed by atoms with Crippen molar-refractivity contribution in [2.45, 2.75) is 6.92 Å². The Kier molecular flexibility index (Phi) is 3.82. The van der Waals surface area contributed by atoms with Gasteiger partial charge in [-0.15, -0.1) is 0 Å². The predicted octanol–water partition coefficient (Wildman–Crippen LogP) is 0.524. The number of imide groups is 1. The van der Waals surface area contributed by atoms with Crippen LogP contribution in [0, 0.1) is 18.3 Å². The van der Waals surface area contributed by atoms with Crippen molar-refractivity contribution in [3.63, 3.8) is 0 Å². The van der Waals surface area contributed by atoms with Gasteiger partial charge in [0.25, 0.3) is 11.8 Å². The maximum atomic E-state index is 11.9. The molecule has 0 spiro atoms. The average molecular weight is 271 g/mol. The molecule has 20 heavy (non-hydrogen) atoms. The van der Waals surface area contributed by atoms with Crippen LogP contribution in [0.5, 0.6) is 0 Å². The highest BCUT2D eigenvalue weighted by Gasteiger charge is 2.30. The number of nitrogens with zero attached hydrogens (tertiary/aromatic N) is 2. The Morgan fingerprint density at radius 2 is 2.10 bits per heavy atom. The SMILES string of the molecule is Cc1cc(C#N)cc(NC2=CC(=O)N(CCO)C2=O)c1. The summed E-state index contributed by atoms with van der Waals surface area (Å²) in [6, 6.07) is 7.12. The zero-order valence-electron chi connectivity index (χ0n) is 10.9. The summed E-state index contributed by atoms with van der Waals surface area (Å²) in [6.45, 7) is 1.53. The summed E-state index contributed by atoms with van der Waals surface area (Å²) in [5.41, 5.74) is 2.05. The highest BCUT2D eigenvalue weighted by atomic mass is 16.3. The molecule has 0 aromatic heterocycles. The smallest absolute Gasteiger partial charge is 0.277 e. The van der Waals surface area contributed by atoms with Crippen LogP contribution in [0.1, 0.15) is 11.1 Å². The average Bonchev–Trinajstić information content (AvgIpc) is 2.66. The van der Waals surface area contributed by atoms with E-state index >= 15 is 0 Å². The quantitative estimate of drug-likeness (QED) is 0.779. The number of hydrogen-bond donors (Lipinski definition) is 2. The zero-order chi connectivity index (χ0) is 14.7. The number of aliphatic hydroxyl groups excluding tert-OH is 1. The lowest BCUT2D eigenvalue weighted by Gasteiger charge is -2.13. The van der Waals surface area contributed by atoms with Gasteiger partial charge >= 0.3 is 0 Å². The monoisotopic (exact) mass is 271 g/mol. The summed E-state index contributed by atoms with van der Waals surface area (Å²) in [5.74, 6) is -0.941. The number of nitrogens with one attached hydrogen (secondary N) is 1. The molecule has 0 saturated carbocycles. The van der Waals surface area contributed by atoms with Gasteiger partial charge in [0.2, 0.25) is 0 Å². The largest absolute Gasteiger partial charge is 0.395 e. The molecule has 1 aliphatic heterocycles. The van der Waals surface area contributed by atoms with Crippen LogP contribution in [-0.2, 0) is 9.59 Å². The van der Waals surface area contributed by atoms with Gasteiger partial charge in [-0.25, -0.2) is 0 Å². The highest BCUT2D eigenvalue weighted by Crippen LogP contribution is 2.19. The van der Waals surface area contributed by atoms with Crippen molar-refractivity contribution in [3.05, 3.63) is 41.1 Å². The second kappa shape index (κ2) is 5.55. The first-order valence-electron chi connectivity index (χ1n) is 6.02. The molecule has 2 N–H and O–H groups in total. The first kappa shape index (κ1) is 13.8. The van der Waals surface area contributed by atoms with E-state index in [1.54, 1.807) is 18.2 Å². The molecule has 102 valence electrons. The van der Waals surface area contributed by atoms with E-state index in [1.165, 1.54) is 6.08 Å². The summed E-state index contributed by atoms with van der Waals surface area (Å²) >= 11 is 0. The predicted molar refractivity (Wildman–Crippen MR) is 71.4 cm³/mol. The Hall–Kier alpha value is -2.65. The maximum absolute atomic E-state index is 11.9. The summed E-state index contributed by atoms with van der Waals surface area (Å²) in [4.78, 5) is 24.5. The molecular formula is C14H13N3O3. The second-order valence-corrected chi connectivity index (χ2v) is 4.40. The topological polar surface area (TPSA) is 93.4 Å². The van der Waals surface area contributed by atoms with Crippen molar-refractivity contribution < 1.29 is 14.7 Å². The molecule has 0 atom stereocenters. The molecule has 0 fully saturated rings. The molecule has 0 saturated heterocycles. The Bertz CT molecular complexity index is 644. The fraction of sp³-hybridized carbons (Fsp3) is 0.214. The first-order valence-corrected chi connectivity index (χ1v) is 6.02.